The third-order valence-electron chi connectivity index (χ3n) is 5.19. The van der Waals surface area contributed by atoms with Crippen LogP contribution in [0.15, 0.2) is 53.6 Å². The zero-order chi connectivity index (χ0) is 19.0. The summed E-state index contributed by atoms with van der Waals surface area (Å²) in [7, 11) is -1.74. The molecule has 6 nitrogen and oxygen atoms in total. The van der Waals surface area contributed by atoms with E-state index in [0.717, 1.165) is 19.6 Å². The highest BCUT2D eigenvalue weighted by Gasteiger charge is 2.31. The normalized spacial score (nSPS) is 16.8. The van der Waals surface area contributed by atoms with Gasteiger partial charge in [-0.2, -0.15) is 9.40 Å². The van der Waals surface area contributed by atoms with Crippen LogP contribution in [0.3, 0.4) is 0 Å². The third-order valence-corrected chi connectivity index (χ3v) is 7.19. The van der Waals surface area contributed by atoms with Crippen molar-refractivity contribution in [2.24, 2.45) is 7.05 Å². The van der Waals surface area contributed by atoms with E-state index >= 15 is 0 Å². The van der Waals surface area contributed by atoms with Gasteiger partial charge in [0.1, 0.15) is 4.90 Å². The minimum Gasteiger partial charge on any atom is -0.296 e. The van der Waals surface area contributed by atoms with Gasteiger partial charge < -0.3 is 0 Å². The Hall–Kier alpha value is -2.22. The molecule has 1 saturated heterocycles. The van der Waals surface area contributed by atoms with Crippen LogP contribution >= 0.6 is 0 Å². The standard InChI is InChI=1S/C20H24N4O2S/c1-16-20(15-22(2)21-16)27(25,26)24-12-10-23(11-13-24)14-18-8-5-7-17-6-3-4-9-19(17)18/h3-9,15H,10-14H2,1-2H3. The zero-order valence-electron chi connectivity index (χ0n) is 15.7. The van der Waals surface area contributed by atoms with Crippen LogP contribution in [-0.2, 0) is 23.6 Å². The fourth-order valence-electron chi connectivity index (χ4n) is 3.77. The van der Waals surface area contributed by atoms with Gasteiger partial charge in [0.15, 0.2) is 0 Å². The maximum Gasteiger partial charge on any atom is 0.246 e. The second-order valence-corrected chi connectivity index (χ2v) is 8.98. The molecule has 7 heteroatoms. The summed E-state index contributed by atoms with van der Waals surface area (Å²) in [6, 6.07) is 14.8. The summed E-state index contributed by atoms with van der Waals surface area (Å²) in [6.07, 6.45) is 1.59. The van der Waals surface area contributed by atoms with Crippen LogP contribution in [0.1, 0.15) is 11.3 Å². The van der Waals surface area contributed by atoms with Gasteiger partial charge in [-0.05, 0) is 23.3 Å². The first-order chi connectivity index (χ1) is 12.9. The van der Waals surface area contributed by atoms with E-state index in [1.54, 1.807) is 29.2 Å². The number of nitrogens with zero attached hydrogens (tertiary/aromatic N) is 4. The monoisotopic (exact) mass is 384 g/mol. The molecule has 0 N–H and O–H groups in total. The molecule has 27 heavy (non-hydrogen) atoms. The predicted octanol–water partition coefficient (Wildman–Crippen LogP) is 2.39. The molecule has 2 aromatic carbocycles. The molecule has 0 unspecified atom stereocenters. The van der Waals surface area contributed by atoms with Crippen LogP contribution in [0.4, 0.5) is 0 Å². The molecule has 0 atom stereocenters. The number of hydrogen-bond acceptors (Lipinski definition) is 4. The number of benzene rings is 2. The number of piperazine rings is 1. The highest BCUT2D eigenvalue weighted by molar-refractivity contribution is 7.89. The predicted molar refractivity (Wildman–Crippen MR) is 106 cm³/mol. The third kappa shape index (κ3) is 3.50. The minimum atomic E-state index is -3.48. The number of hydrogen-bond donors (Lipinski definition) is 0. The molecule has 0 saturated carbocycles. The molecule has 0 radical (unpaired) electrons. The van der Waals surface area contributed by atoms with Crippen molar-refractivity contribution in [1.82, 2.24) is 19.0 Å². The molecule has 0 amide bonds. The summed E-state index contributed by atoms with van der Waals surface area (Å²) in [6.45, 7) is 5.02. The van der Waals surface area contributed by atoms with Crippen LogP contribution in [0.25, 0.3) is 10.8 Å². The largest absolute Gasteiger partial charge is 0.296 e. The van der Waals surface area contributed by atoms with E-state index in [2.05, 4.69) is 52.5 Å². The second kappa shape index (κ2) is 7.07. The van der Waals surface area contributed by atoms with Crippen LogP contribution in [0.2, 0.25) is 0 Å². The van der Waals surface area contributed by atoms with Crippen LogP contribution in [0, 0.1) is 6.92 Å². The van der Waals surface area contributed by atoms with Gasteiger partial charge in [0.25, 0.3) is 0 Å². The van der Waals surface area contributed by atoms with Gasteiger partial charge in [0.2, 0.25) is 10.0 Å². The topological polar surface area (TPSA) is 58.4 Å². The molecule has 0 bridgehead atoms. The van der Waals surface area contributed by atoms with Gasteiger partial charge in [0.05, 0.1) is 5.69 Å². The van der Waals surface area contributed by atoms with Gasteiger partial charge in [-0.25, -0.2) is 8.42 Å². The van der Waals surface area contributed by atoms with Crippen molar-refractivity contribution in [3.05, 3.63) is 59.9 Å². The first kappa shape index (κ1) is 18.2. The smallest absolute Gasteiger partial charge is 0.246 e. The van der Waals surface area contributed by atoms with E-state index in [1.165, 1.54) is 16.3 Å². The molecule has 1 fully saturated rings. The SMILES string of the molecule is Cc1nn(C)cc1S(=O)(=O)N1CCN(Cc2cccc3ccccc23)CC1. The van der Waals surface area contributed by atoms with E-state index in [-0.39, 0.29) is 0 Å². The van der Waals surface area contributed by atoms with Crippen molar-refractivity contribution < 1.29 is 8.42 Å². The second-order valence-electron chi connectivity index (χ2n) is 7.07. The summed E-state index contributed by atoms with van der Waals surface area (Å²) < 4.78 is 29.0. The van der Waals surface area contributed by atoms with E-state index < -0.39 is 10.0 Å². The number of rotatable bonds is 4. The number of aromatic nitrogens is 2. The molecular weight excluding hydrogens is 360 g/mol. The van der Waals surface area contributed by atoms with Crippen LogP contribution < -0.4 is 0 Å². The quantitative estimate of drug-likeness (QED) is 0.693. The minimum absolute atomic E-state index is 0.313. The van der Waals surface area contributed by atoms with E-state index in [1.807, 2.05) is 0 Å². The van der Waals surface area contributed by atoms with Crippen molar-refractivity contribution in [3.8, 4) is 0 Å². The lowest BCUT2D eigenvalue weighted by molar-refractivity contribution is 0.182. The fraction of sp³-hybridized carbons (Fsp3) is 0.350. The number of sulfonamides is 1. The highest BCUT2D eigenvalue weighted by Crippen LogP contribution is 2.23. The highest BCUT2D eigenvalue weighted by atomic mass is 32.2. The van der Waals surface area contributed by atoms with Gasteiger partial charge >= 0.3 is 0 Å². The van der Waals surface area contributed by atoms with E-state index in [0.29, 0.717) is 23.7 Å². The molecule has 142 valence electrons. The zero-order valence-corrected chi connectivity index (χ0v) is 16.5. The Morgan fingerprint density at radius 3 is 2.41 bits per heavy atom. The Morgan fingerprint density at radius 1 is 1.00 bits per heavy atom. The Kier molecular flexibility index (Phi) is 4.75. The summed E-state index contributed by atoms with van der Waals surface area (Å²) >= 11 is 0. The van der Waals surface area contributed by atoms with Crippen molar-refractivity contribution in [1.29, 1.82) is 0 Å². The molecule has 3 aromatic rings. The molecule has 1 aliphatic heterocycles. The lowest BCUT2D eigenvalue weighted by atomic mass is 10.0. The molecule has 1 aromatic heterocycles. The fourth-order valence-corrected chi connectivity index (χ4v) is 5.39. The summed E-state index contributed by atoms with van der Waals surface area (Å²) in [4.78, 5) is 2.64. The van der Waals surface area contributed by atoms with Crippen molar-refractivity contribution in [2.75, 3.05) is 26.2 Å². The maximum absolute atomic E-state index is 12.9. The molecule has 4 rings (SSSR count). The number of fused-ring (bicyclic) bond motifs is 1. The van der Waals surface area contributed by atoms with Gasteiger partial charge in [-0.3, -0.25) is 9.58 Å². The van der Waals surface area contributed by atoms with Crippen LogP contribution in [0.5, 0.6) is 0 Å². The molecule has 1 aliphatic rings. The van der Waals surface area contributed by atoms with Gasteiger partial charge in [-0.1, -0.05) is 42.5 Å². The van der Waals surface area contributed by atoms with Crippen molar-refractivity contribution in [2.45, 2.75) is 18.4 Å². The van der Waals surface area contributed by atoms with E-state index in [4.69, 9.17) is 0 Å². The first-order valence-corrected chi connectivity index (χ1v) is 10.6. The average Bonchev–Trinajstić information content (AvgIpc) is 3.01. The van der Waals surface area contributed by atoms with Crippen molar-refractivity contribution in [3.63, 3.8) is 0 Å². The maximum atomic E-state index is 12.9. The molecule has 0 spiro atoms. The van der Waals surface area contributed by atoms with Gasteiger partial charge in [0, 0.05) is 46.0 Å². The first-order valence-electron chi connectivity index (χ1n) is 9.14. The van der Waals surface area contributed by atoms with E-state index in [9.17, 15) is 8.42 Å². The Balaban J connectivity index is 1.47. The lowest BCUT2D eigenvalue weighted by Gasteiger charge is -2.34. The molecule has 2 heterocycles. The van der Waals surface area contributed by atoms with Crippen molar-refractivity contribution >= 4 is 20.8 Å². The summed E-state index contributed by atoms with van der Waals surface area (Å²) in [5.74, 6) is 0. The molecule has 0 aliphatic carbocycles. The number of aryl methyl sites for hydroxylation is 2. The van der Waals surface area contributed by atoms with Gasteiger partial charge in [-0.15, -0.1) is 0 Å². The Bertz CT molecular complexity index is 1060. The average molecular weight is 385 g/mol. The summed E-state index contributed by atoms with van der Waals surface area (Å²) in [5, 5.41) is 6.68. The van der Waals surface area contributed by atoms with Crippen LogP contribution in [-0.4, -0.2) is 53.6 Å². The lowest BCUT2D eigenvalue weighted by Crippen LogP contribution is -2.48. The molecular formula is C20H24N4O2S. The Morgan fingerprint density at radius 2 is 1.70 bits per heavy atom. The Labute approximate surface area is 160 Å². The summed E-state index contributed by atoms with van der Waals surface area (Å²) in [5.41, 5.74) is 1.84.